The summed E-state index contributed by atoms with van der Waals surface area (Å²) in [6.45, 7) is 2.08. The minimum Gasteiger partial charge on any atom is -0.304 e. The minimum atomic E-state index is -2.09. The molecule has 0 aliphatic carbocycles. The summed E-state index contributed by atoms with van der Waals surface area (Å²) < 4.78 is 21.7. The molecule has 0 amide bonds. The number of pyridine rings is 3. The number of rotatable bonds is 3. The van der Waals surface area contributed by atoms with Crippen LogP contribution in [-0.4, -0.2) is 15.0 Å². The zero-order chi connectivity index (χ0) is 25.5. The summed E-state index contributed by atoms with van der Waals surface area (Å²) in [5.41, 5.74) is 8.30. The zero-order valence-corrected chi connectivity index (χ0v) is 21.3. The number of aryl methyl sites for hydroxylation is 3. The van der Waals surface area contributed by atoms with Gasteiger partial charge in [-0.1, -0.05) is 35.4 Å². The molecule has 1 radical (unpaired) electrons. The van der Waals surface area contributed by atoms with E-state index in [-0.39, 0.29) is 25.7 Å². The van der Waals surface area contributed by atoms with Crippen LogP contribution in [0.3, 0.4) is 0 Å². The molecule has 2 aromatic carbocycles. The quantitative estimate of drug-likeness (QED) is 0.202. The van der Waals surface area contributed by atoms with E-state index in [9.17, 15) is 0 Å². The molecule has 3 nitrogen and oxygen atoms in total. The van der Waals surface area contributed by atoms with Crippen molar-refractivity contribution in [3.63, 3.8) is 0 Å². The van der Waals surface area contributed by atoms with Crippen LogP contribution in [-0.2, 0) is 20.1 Å². The molecule has 0 saturated heterocycles. The number of aromatic nitrogens is 3. The molecule has 0 fully saturated rings. The van der Waals surface area contributed by atoms with Gasteiger partial charge in [0.15, 0.2) is 0 Å². The van der Waals surface area contributed by atoms with E-state index in [1.165, 1.54) is 17.3 Å². The molecule has 5 rings (SSSR count). The zero-order valence-electron chi connectivity index (χ0n) is 21.9. The van der Waals surface area contributed by atoms with E-state index < -0.39 is 6.85 Å². The summed E-state index contributed by atoms with van der Waals surface area (Å²) in [5.74, 6) is 0. The van der Waals surface area contributed by atoms with E-state index in [4.69, 9.17) is 4.11 Å². The normalized spacial score (nSPS) is 11.6. The van der Waals surface area contributed by atoms with E-state index in [0.717, 1.165) is 33.8 Å². The third-order valence-electron chi connectivity index (χ3n) is 5.17. The number of nitrogens with zero attached hydrogens (tertiary/aromatic N) is 3. The first kappa shape index (κ1) is 21.1. The van der Waals surface area contributed by atoms with Gasteiger partial charge in [0.05, 0.1) is 0 Å². The summed E-state index contributed by atoms with van der Waals surface area (Å²) >= 11 is 0. The average molecular weight is 623 g/mol. The summed E-state index contributed by atoms with van der Waals surface area (Å²) in [6, 6.07) is 31.1. The Kier molecular flexibility index (Phi) is 7.53. The Morgan fingerprint density at radius 1 is 0.706 bits per heavy atom. The van der Waals surface area contributed by atoms with Crippen LogP contribution in [0.15, 0.2) is 97.5 Å². The second-order valence-corrected chi connectivity index (χ2v) is 7.57. The summed E-state index contributed by atoms with van der Waals surface area (Å²) in [4.78, 5) is 12.9. The van der Waals surface area contributed by atoms with Gasteiger partial charge in [0.25, 0.3) is 0 Å². The van der Waals surface area contributed by atoms with Crippen molar-refractivity contribution in [1.82, 2.24) is 15.0 Å². The monoisotopic (exact) mass is 623 g/mol. The molecule has 0 spiro atoms. The molecule has 0 aliphatic heterocycles. The van der Waals surface area contributed by atoms with Crippen molar-refractivity contribution in [2.24, 2.45) is 0 Å². The Morgan fingerprint density at radius 2 is 1.53 bits per heavy atom. The van der Waals surface area contributed by atoms with Crippen LogP contribution < -0.4 is 0 Å². The van der Waals surface area contributed by atoms with E-state index in [2.05, 4.69) is 53.1 Å². The van der Waals surface area contributed by atoms with Crippen molar-refractivity contribution in [2.45, 2.75) is 20.7 Å². The number of hydrogen-bond acceptors (Lipinski definition) is 3. The van der Waals surface area contributed by atoms with Gasteiger partial charge < -0.3 is 9.97 Å². The van der Waals surface area contributed by atoms with E-state index in [1.54, 1.807) is 24.4 Å². The molecule has 0 N–H and O–H groups in total. The molecule has 0 saturated carbocycles. The number of benzene rings is 2. The Morgan fingerprint density at radius 3 is 2.15 bits per heavy atom. The Balaban J connectivity index is 0.000000205. The van der Waals surface area contributed by atoms with E-state index >= 15 is 0 Å². The maximum Gasteiger partial charge on any atom is 0.0288 e. The summed E-state index contributed by atoms with van der Waals surface area (Å²) in [5, 5.41) is 0. The maximum absolute atomic E-state index is 7.23. The number of hydrogen-bond donors (Lipinski definition) is 0. The summed E-state index contributed by atoms with van der Waals surface area (Å²) in [6.07, 6.45) is 5.10. The van der Waals surface area contributed by atoms with E-state index in [1.807, 2.05) is 54.7 Å². The van der Waals surface area contributed by atoms with Crippen molar-refractivity contribution < 1.29 is 24.2 Å². The van der Waals surface area contributed by atoms with E-state index in [0.29, 0.717) is 0 Å². The van der Waals surface area contributed by atoms with Crippen molar-refractivity contribution >= 4 is 0 Å². The predicted octanol–water partition coefficient (Wildman–Crippen LogP) is 7.08. The molecule has 0 atom stereocenters. The van der Waals surface area contributed by atoms with Gasteiger partial charge in [0, 0.05) is 48.5 Å². The third-order valence-corrected chi connectivity index (χ3v) is 5.17. The predicted molar refractivity (Wildman–Crippen MR) is 134 cm³/mol. The molecular weight excluding hydrogens is 595 g/mol. The first-order chi connectivity index (χ1) is 17.3. The fourth-order valence-electron chi connectivity index (χ4n) is 3.15. The van der Waals surface area contributed by atoms with Gasteiger partial charge >= 0.3 is 0 Å². The minimum absolute atomic E-state index is 0. The molecular formula is C30H25IrN3-2. The fourth-order valence-corrected chi connectivity index (χ4v) is 3.15. The smallest absolute Gasteiger partial charge is 0.0288 e. The van der Waals surface area contributed by atoms with Gasteiger partial charge in [-0.15, -0.1) is 65.7 Å². The SMILES string of the molecule is Cc1cnc(-c2[c-]cc(-c3ccccn3)cc2)cc1C.[2H]C([2H])([2H])c1ccc(-c2[c-]cccc2)nc1.[Ir]. The Hall–Kier alpha value is -3.46. The molecule has 0 aliphatic rings. The molecule has 0 unspecified atom stereocenters. The van der Waals surface area contributed by atoms with Gasteiger partial charge in [-0.3, -0.25) is 4.98 Å². The van der Waals surface area contributed by atoms with Crippen molar-refractivity contribution in [1.29, 1.82) is 0 Å². The van der Waals surface area contributed by atoms with Crippen LogP contribution in [0.5, 0.6) is 0 Å². The van der Waals surface area contributed by atoms with Crippen LogP contribution >= 0.6 is 0 Å². The van der Waals surface area contributed by atoms with Crippen molar-refractivity contribution in [2.75, 3.05) is 0 Å². The average Bonchev–Trinajstić information content (AvgIpc) is 2.91. The molecule has 3 aromatic heterocycles. The van der Waals surface area contributed by atoms with Gasteiger partial charge in [-0.2, -0.15) is 0 Å². The second kappa shape index (κ2) is 12.1. The molecule has 171 valence electrons. The van der Waals surface area contributed by atoms with Gasteiger partial charge in [0.1, 0.15) is 0 Å². The molecule has 0 bridgehead atoms. The molecule has 3 heterocycles. The molecule has 4 heteroatoms. The molecule has 34 heavy (non-hydrogen) atoms. The third kappa shape index (κ3) is 6.54. The second-order valence-electron chi connectivity index (χ2n) is 7.57. The largest absolute Gasteiger partial charge is 0.304 e. The Bertz CT molecular complexity index is 1410. The van der Waals surface area contributed by atoms with Crippen LogP contribution in [0.1, 0.15) is 20.8 Å². The van der Waals surface area contributed by atoms with Crippen LogP contribution in [0, 0.1) is 32.8 Å². The first-order valence-corrected chi connectivity index (χ1v) is 10.6. The van der Waals surface area contributed by atoms with Crippen LogP contribution in [0.25, 0.3) is 33.8 Å². The summed E-state index contributed by atoms with van der Waals surface area (Å²) in [7, 11) is 0. The Labute approximate surface area is 219 Å². The van der Waals surface area contributed by atoms with Gasteiger partial charge in [-0.25, -0.2) is 0 Å². The van der Waals surface area contributed by atoms with Gasteiger partial charge in [-0.05, 0) is 55.3 Å². The maximum atomic E-state index is 7.23. The van der Waals surface area contributed by atoms with Crippen LogP contribution in [0.2, 0.25) is 0 Å². The van der Waals surface area contributed by atoms with Crippen molar-refractivity contribution in [3.8, 4) is 33.8 Å². The molecule has 5 aromatic rings. The fraction of sp³-hybridized carbons (Fsp3) is 0.100. The van der Waals surface area contributed by atoms with Crippen LogP contribution in [0.4, 0.5) is 0 Å². The first-order valence-electron chi connectivity index (χ1n) is 12.1. The standard InChI is InChI=1S/C18H15N2.C12H10N.Ir/c1-13-11-18(20-12-14(13)2)16-8-6-15(7-9-16)17-5-3-4-10-19-17;1-10-7-8-12(13-9-10)11-5-3-2-4-6-11;/h3-8,10-12H,1-2H3;2-5,7-9H,1H3;/q2*-1;/i;1D3;. The van der Waals surface area contributed by atoms with Gasteiger partial charge in [0.2, 0.25) is 0 Å². The topological polar surface area (TPSA) is 38.7 Å². The van der Waals surface area contributed by atoms with Crippen molar-refractivity contribution in [3.05, 3.63) is 126 Å².